The van der Waals surface area contributed by atoms with Crippen LogP contribution in [0.1, 0.15) is 0 Å². The van der Waals surface area contributed by atoms with E-state index >= 15 is 0 Å². The highest BCUT2D eigenvalue weighted by molar-refractivity contribution is 7.26. The largest absolute Gasteiger partial charge is 0.309 e. The molecule has 51 heavy (non-hydrogen) atoms. The predicted molar refractivity (Wildman–Crippen MR) is 216 cm³/mol. The zero-order valence-electron chi connectivity index (χ0n) is 27.1. The van der Waals surface area contributed by atoms with Crippen LogP contribution in [0.2, 0.25) is 0 Å². The van der Waals surface area contributed by atoms with Gasteiger partial charge in [-0.05, 0) is 42.5 Å². The highest BCUT2D eigenvalue weighted by Crippen LogP contribution is 2.44. The summed E-state index contributed by atoms with van der Waals surface area (Å²) in [7, 11) is 0. The van der Waals surface area contributed by atoms with E-state index in [9.17, 15) is 0 Å². The van der Waals surface area contributed by atoms with Crippen molar-refractivity contribution in [2.45, 2.75) is 0 Å². The summed E-state index contributed by atoms with van der Waals surface area (Å²) < 4.78 is 7.56. The minimum atomic E-state index is 0.666. The lowest BCUT2D eigenvalue weighted by Gasteiger charge is -2.10. The van der Waals surface area contributed by atoms with Gasteiger partial charge < -0.3 is 4.57 Å². The number of para-hydroxylation sites is 1. The fraction of sp³-hybridized carbons (Fsp3) is 0. The summed E-state index contributed by atoms with van der Waals surface area (Å²) in [6.07, 6.45) is 0. The summed E-state index contributed by atoms with van der Waals surface area (Å²) in [4.78, 5) is 14.9. The number of hydrogen-bond donors (Lipinski definition) is 0. The number of thiophene rings is 2. The molecule has 7 aromatic carbocycles. The monoisotopic (exact) mass is 686 g/mol. The Morgan fingerprint density at radius 2 is 0.961 bits per heavy atom. The van der Waals surface area contributed by atoms with Gasteiger partial charge in [0.1, 0.15) is 0 Å². The summed E-state index contributed by atoms with van der Waals surface area (Å²) in [5.41, 5.74) is 6.55. The summed E-state index contributed by atoms with van der Waals surface area (Å²) in [6.45, 7) is 0. The van der Waals surface area contributed by atoms with Gasteiger partial charge in [-0.15, -0.1) is 22.7 Å². The number of hydrogen-bond acceptors (Lipinski definition) is 5. The minimum absolute atomic E-state index is 0.666. The Morgan fingerprint density at radius 1 is 0.373 bits per heavy atom. The number of aromatic nitrogens is 4. The fourth-order valence-electron chi connectivity index (χ4n) is 7.51. The Labute approximate surface area is 300 Å². The van der Waals surface area contributed by atoms with Crippen molar-refractivity contribution < 1.29 is 0 Å². The maximum atomic E-state index is 4.99. The molecular formula is C45H26N4S2. The zero-order valence-corrected chi connectivity index (χ0v) is 28.7. The van der Waals surface area contributed by atoms with Crippen molar-refractivity contribution in [3.8, 4) is 39.9 Å². The van der Waals surface area contributed by atoms with E-state index in [0.29, 0.717) is 17.5 Å². The van der Waals surface area contributed by atoms with Crippen LogP contribution in [-0.2, 0) is 0 Å². The van der Waals surface area contributed by atoms with Gasteiger partial charge in [0.15, 0.2) is 17.5 Å². The predicted octanol–water partition coefficient (Wildman–Crippen LogP) is 12.7. The molecule has 0 fully saturated rings. The van der Waals surface area contributed by atoms with Crippen LogP contribution in [0.25, 0.3) is 102 Å². The van der Waals surface area contributed by atoms with Crippen molar-refractivity contribution in [3.63, 3.8) is 0 Å². The van der Waals surface area contributed by atoms with Gasteiger partial charge in [-0.3, -0.25) is 0 Å². The first kappa shape index (κ1) is 28.6. The molecule has 0 saturated heterocycles. The van der Waals surface area contributed by atoms with E-state index in [1.807, 2.05) is 83.3 Å². The van der Waals surface area contributed by atoms with E-state index < -0.39 is 0 Å². The van der Waals surface area contributed by atoms with Crippen LogP contribution >= 0.6 is 22.7 Å². The molecule has 0 saturated carbocycles. The molecule has 0 N–H and O–H groups in total. The second-order valence-corrected chi connectivity index (χ2v) is 15.0. The molecule has 0 atom stereocenters. The summed E-state index contributed by atoms with van der Waals surface area (Å²) in [5.74, 6) is 2.00. The highest BCUT2D eigenvalue weighted by Gasteiger charge is 2.19. The molecule has 0 amide bonds. The Hall–Kier alpha value is -6.21. The van der Waals surface area contributed by atoms with E-state index in [1.165, 1.54) is 62.2 Å². The Bertz CT molecular complexity index is 3080. The molecule has 0 aliphatic carbocycles. The quantitative estimate of drug-likeness (QED) is 0.185. The second kappa shape index (κ2) is 11.2. The van der Waals surface area contributed by atoms with E-state index in [0.717, 1.165) is 22.4 Å². The third-order valence-corrected chi connectivity index (χ3v) is 12.1. The SMILES string of the molecule is c1ccc(-c2nc(-c3ccccc3)nc(-c3ccc4c(c3)sc3ccc(-n5c6ccccc6c6ccc7sc8ccccc8c7c65)cc34)n2)cc1. The Balaban J connectivity index is 1.10. The van der Waals surface area contributed by atoms with Crippen LogP contribution in [0.15, 0.2) is 158 Å². The van der Waals surface area contributed by atoms with Gasteiger partial charge in [0, 0.05) is 73.5 Å². The molecule has 0 bridgehead atoms. The molecule has 0 spiro atoms. The number of fused-ring (bicyclic) bond motifs is 10. The van der Waals surface area contributed by atoms with Gasteiger partial charge in [0.25, 0.3) is 0 Å². The molecule has 0 unspecified atom stereocenters. The van der Waals surface area contributed by atoms with Crippen molar-refractivity contribution in [3.05, 3.63) is 158 Å². The second-order valence-electron chi connectivity index (χ2n) is 12.8. The maximum Gasteiger partial charge on any atom is 0.164 e. The van der Waals surface area contributed by atoms with E-state index in [2.05, 4.69) is 102 Å². The molecule has 4 nitrogen and oxygen atoms in total. The lowest BCUT2D eigenvalue weighted by Crippen LogP contribution is -1.99. The number of rotatable bonds is 4. The van der Waals surface area contributed by atoms with Gasteiger partial charge >= 0.3 is 0 Å². The topological polar surface area (TPSA) is 43.6 Å². The first-order chi connectivity index (χ1) is 25.3. The van der Waals surface area contributed by atoms with Crippen LogP contribution in [-0.4, -0.2) is 19.5 Å². The summed E-state index contributed by atoms with van der Waals surface area (Å²) in [6, 6.07) is 56.0. The standard InChI is InChI=1S/C45H26N4S2/c1-3-11-27(12-4-1)43-46-44(28-13-5-2-6-14-28)48-45(47-43)29-19-21-32-35-26-30(20-23-38(35)51-40(32)25-29)49-36-17-9-7-15-31(36)33-22-24-39-41(42(33)49)34-16-8-10-18-37(34)50-39/h1-26H. The normalized spacial score (nSPS) is 11.9. The molecule has 0 aliphatic heterocycles. The fourth-order valence-corrected chi connectivity index (χ4v) is 9.75. The first-order valence-corrected chi connectivity index (χ1v) is 18.6. The van der Waals surface area contributed by atoms with Gasteiger partial charge in [-0.25, -0.2) is 15.0 Å². The zero-order chi connectivity index (χ0) is 33.5. The van der Waals surface area contributed by atoms with Crippen LogP contribution < -0.4 is 0 Å². The van der Waals surface area contributed by atoms with Crippen LogP contribution in [0.3, 0.4) is 0 Å². The molecule has 4 aromatic heterocycles. The van der Waals surface area contributed by atoms with E-state index in [-0.39, 0.29) is 0 Å². The number of nitrogens with zero attached hydrogens (tertiary/aromatic N) is 4. The molecular weight excluding hydrogens is 661 g/mol. The van der Waals surface area contributed by atoms with E-state index in [4.69, 9.17) is 15.0 Å². The first-order valence-electron chi connectivity index (χ1n) is 16.9. The molecule has 238 valence electrons. The molecule has 11 rings (SSSR count). The Kier molecular flexibility index (Phi) is 6.26. The summed E-state index contributed by atoms with van der Waals surface area (Å²) in [5, 5.41) is 7.67. The van der Waals surface area contributed by atoms with Crippen LogP contribution in [0.5, 0.6) is 0 Å². The van der Waals surface area contributed by atoms with Gasteiger partial charge in [0.05, 0.1) is 11.0 Å². The van der Waals surface area contributed by atoms with Crippen LogP contribution in [0.4, 0.5) is 0 Å². The lowest BCUT2D eigenvalue weighted by atomic mass is 10.1. The van der Waals surface area contributed by atoms with Crippen molar-refractivity contribution in [1.82, 2.24) is 19.5 Å². The van der Waals surface area contributed by atoms with Crippen molar-refractivity contribution in [1.29, 1.82) is 0 Å². The molecule has 0 radical (unpaired) electrons. The molecule has 4 heterocycles. The minimum Gasteiger partial charge on any atom is -0.309 e. The van der Waals surface area contributed by atoms with Gasteiger partial charge in [-0.1, -0.05) is 115 Å². The van der Waals surface area contributed by atoms with E-state index in [1.54, 1.807) is 0 Å². The molecule has 11 aromatic rings. The third-order valence-electron chi connectivity index (χ3n) is 9.85. The molecule has 6 heteroatoms. The van der Waals surface area contributed by atoms with Crippen molar-refractivity contribution in [2.24, 2.45) is 0 Å². The smallest absolute Gasteiger partial charge is 0.164 e. The highest BCUT2D eigenvalue weighted by atomic mass is 32.1. The molecule has 0 aliphatic rings. The van der Waals surface area contributed by atoms with Crippen molar-refractivity contribution >= 4 is 84.8 Å². The van der Waals surface area contributed by atoms with Crippen LogP contribution in [0, 0.1) is 0 Å². The van der Waals surface area contributed by atoms with Gasteiger partial charge in [-0.2, -0.15) is 0 Å². The van der Waals surface area contributed by atoms with Crippen molar-refractivity contribution in [2.75, 3.05) is 0 Å². The average molecular weight is 687 g/mol. The Morgan fingerprint density at radius 3 is 1.73 bits per heavy atom. The van der Waals surface area contributed by atoms with Gasteiger partial charge in [0.2, 0.25) is 0 Å². The lowest BCUT2D eigenvalue weighted by molar-refractivity contribution is 1.07. The average Bonchev–Trinajstić information content (AvgIpc) is 3.87. The maximum absolute atomic E-state index is 4.99. The summed E-state index contributed by atoms with van der Waals surface area (Å²) >= 11 is 3.68. The number of benzene rings is 7. The third kappa shape index (κ3) is 4.47.